The summed E-state index contributed by atoms with van der Waals surface area (Å²) >= 11 is 0. The van der Waals surface area contributed by atoms with Crippen LogP contribution in [0.3, 0.4) is 0 Å². The summed E-state index contributed by atoms with van der Waals surface area (Å²) in [5, 5.41) is 17.5. The van der Waals surface area contributed by atoms with Crippen LogP contribution in [-0.4, -0.2) is 59.6 Å². The van der Waals surface area contributed by atoms with Crippen molar-refractivity contribution in [3.63, 3.8) is 0 Å². The molecule has 1 saturated heterocycles. The van der Waals surface area contributed by atoms with E-state index in [4.69, 9.17) is 9.47 Å². The molecule has 0 aliphatic carbocycles. The zero-order chi connectivity index (χ0) is 32.8. The predicted octanol–water partition coefficient (Wildman–Crippen LogP) is 6.02. The SMILES string of the molecule is CC(C)c1cccc(C2(NC[C@@H](O)[C@H](Cc3cc(F)cc(F)c3)NC(=O)OC(C)(C)C)CN(C(=O)OCc3ccccc3)C2)c1. The molecule has 2 amide bonds. The first kappa shape index (κ1) is 33.9. The average molecular weight is 624 g/mol. The number of carbonyl (C=O) groups excluding carboxylic acids is 2. The van der Waals surface area contributed by atoms with Gasteiger partial charge in [0.15, 0.2) is 0 Å². The number of amides is 2. The van der Waals surface area contributed by atoms with Crippen LogP contribution in [0.1, 0.15) is 62.8 Å². The molecule has 0 radical (unpaired) electrons. The monoisotopic (exact) mass is 623 g/mol. The standard InChI is InChI=1S/C35H43F2N3O5/c1-23(2)26-12-9-13-27(17-26)35(21-40(22-35)33(43)44-20-24-10-7-6-8-11-24)38-19-31(41)30(39-32(42)45-34(3,4)5)16-25-14-28(36)18-29(37)15-25/h6-15,17-18,23,30-31,38,41H,16,19-22H2,1-5H3,(H,39,42)/t30-,31+/m0/s1. The molecule has 45 heavy (non-hydrogen) atoms. The van der Waals surface area contributed by atoms with Gasteiger partial charge in [0.1, 0.15) is 23.8 Å². The van der Waals surface area contributed by atoms with Crippen molar-refractivity contribution >= 4 is 12.2 Å². The molecule has 242 valence electrons. The molecule has 0 saturated carbocycles. The van der Waals surface area contributed by atoms with Crippen molar-refractivity contribution in [2.45, 2.75) is 76.9 Å². The summed E-state index contributed by atoms with van der Waals surface area (Å²) in [4.78, 5) is 27.2. The zero-order valence-electron chi connectivity index (χ0n) is 26.5. The molecule has 3 N–H and O–H groups in total. The van der Waals surface area contributed by atoms with E-state index in [0.717, 1.165) is 34.9 Å². The maximum atomic E-state index is 14.0. The third-order valence-electron chi connectivity index (χ3n) is 7.68. The van der Waals surface area contributed by atoms with Crippen molar-refractivity contribution in [3.8, 4) is 0 Å². The topological polar surface area (TPSA) is 100 Å². The lowest BCUT2D eigenvalue weighted by molar-refractivity contribution is 0.00868. The van der Waals surface area contributed by atoms with Crippen molar-refractivity contribution in [2.24, 2.45) is 0 Å². The number of carbonyl (C=O) groups is 2. The van der Waals surface area contributed by atoms with E-state index >= 15 is 0 Å². The number of benzene rings is 3. The molecular weight excluding hydrogens is 580 g/mol. The Kier molecular flexibility index (Phi) is 10.8. The molecule has 4 rings (SSSR count). The van der Waals surface area contributed by atoms with Crippen LogP contribution in [0.15, 0.2) is 72.8 Å². The Morgan fingerprint density at radius 1 is 0.956 bits per heavy atom. The second-order valence-electron chi connectivity index (χ2n) is 12.9. The molecule has 0 unspecified atom stereocenters. The first-order chi connectivity index (χ1) is 21.2. The molecule has 1 aliphatic rings. The highest BCUT2D eigenvalue weighted by Crippen LogP contribution is 2.34. The average Bonchev–Trinajstić information content (AvgIpc) is 2.94. The molecule has 1 aliphatic heterocycles. The van der Waals surface area contributed by atoms with Gasteiger partial charge in [-0.2, -0.15) is 0 Å². The van der Waals surface area contributed by atoms with Crippen LogP contribution in [0.2, 0.25) is 0 Å². The normalized spacial score (nSPS) is 15.6. The van der Waals surface area contributed by atoms with Gasteiger partial charge in [0.05, 0.1) is 17.7 Å². The summed E-state index contributed by atoms with van der Waals surface area (Å²) in [6.45, 7) is 10.0. The minimum atomic E-state index is -1.19. The van der Waals surface area contributed by atoms with Crippen molar-refractivity contribution in [1.82, 2.24) is 15.5 Å². The largest absolute Gasteiger partial charge is 0.445 e. The van der Waals surface area contributed by atoms with E-state index in [-0.39, 0.29) is 44.1 Å². The third kappa shape index (κ3) is 9.48. The van der Waals surface area contributed by atoms with Crippen molar-refractivity contribution in [1.29, 1.82) is 0 Å². The lowest BCUT2D eigenvalue weighted by Crippen LogP contribution is -2.69. The molecule has 8 nitrogen and oxygen atoms in total. The number of nitrogens with one attached hydrogen (secondary N) is 2. The highest BCUT2D eigenvalue weighted by molar-refractivity contribution is 5.70. The molecule has 1 heterocycles. The van der Waals surface area contributed by atoms with Crippen molar-refractivity contribution < 1.29 is 33.0 Å². The van der Waals surface area contributed by atoms with Gasteiger partial charge in [-0.15, -0.1) is 0 Å². The molecule has 2 atom stereocenters. The van der Waals surface area contributed by atoms with Crippen LogP contribution in [0.4, 0.5) is 18.4 Å². The van der Waals surface area contributed by atoms with Crippen LogP contribution < -0.4 is 10.6 Å². The molecule has 3 aromatic carbocycles. The Bertz CT molecular complexity index is 1430. The number of ether oxygens (including phenoxy) is 2. The lowest BCUT2D eigenvalue weighted by atomic mass is 9.80. The van der Waals surface area contributed by atoms with Crippen LogP contribution in [0.5, 0.6) is 0 Å². The molecule has 3 aromatic rings. The van der Waals surface area contributed by atoms with Gasteiger partial charge >= 0.3 is 12.2 Å². The van der Waals surface area contributed by atoms with Gasteiger partial charge in [-0.3, -0.25) is 0 Å². The minimum absolute atomic E-state index is 0.00291. The predicted molar refractivity (Wildman–Crippen MR) is 168 cm³/mol. The Hall–Kier alpha value is -4.02. The Morgan fingerprint density at radius 3 is 2.24 bits per heavy atom. The summed E-state index contributed by atoms with van der Waals surface area (Å²) in [6, 6.07) is 19.6. The summed E-state index contributed by atoms with van der Waals surface area (Å²) in [5.74, 6) is -1.24. The Labute approximate surface area is 263 Å². The number of rotatable bonds is 11. The number of likely N-dealkylation sites (tertiary alicyclic amines) is 1. The van der Waals surface area contributed by atoms with Gasteiger partial charge in [0.2, 0.25) is 0 Å². The summed E-state index contributed by atoms with van der Waals surface area (Å²) in [7, 11) is 0. The first-order valence-electron chi connectivity index (χ1n) is 15.2. The molecule has 1 fully saturated rings. The zero-order valence-corrected chi connectivity index (χ0v) is 26.5. The molecular formula is C35H43F2N3O5. The van der Waals surface area contributed by atoms with Gasteiger partial charge in [0.25, 0.3) is 0 Å². The van der Waals surface area contributed by atoms with Crippen molar-refractivity contribution in [3.05, 3.63) is 107 Å². The molecule has 0 aromatic heterocycles. The highest BCUT2D eigenvalue weighted by Gasteiger charge is 2.47. The van der Waals surface area contributed by atoms with Gasteiger partial charge < -0.3 is 30.1 Å². The van der Waals surface area contributed by atoms with E-state index in [1.165, 1.54) is 0 Å². The van der Waals surface area contributed by atoms with E-state index in [1.54, 1.807) is 25.7 Å². The second kappa shape index (κ2) is 14.4. The smallest absolute Gasteiger partial charge is 0.410 e. The number of aliphatic hydroxyl groups excluding tert-OH is 1. The fourth-order valence-corrected chi connectivity index (χ4v) is 5.30. The quantitative estimate of drug-likeness (QED) is 0.242. The maximum Gasteiger partial charge on any atom is 0.410 e. The van der Waals surface area contributed by atoms with Crippen LogP contribution >= 0.6 is 0 Å². The van der Waals surface area contributed by atoms with Gasteiger partial charge in [0, 0.05) is 25.7 Å². The van der Waals surface area contributed by atoms with Crippen LogP contribution in [0.25, 0.3) is 0 Å². The number of halogens is 2. The minimum Gasteiger partial charge on any atom is -0.445 e. The maximum absolute atomic E-state index is 14.0. The number of hydrogen-bond acceptors (Lipinski definition) is 6. The number of aliphatic hydroxyl groups is 1. The number of alkyl carbamates (subject to hydrolysis) is 1. The van der Waals surface area contributed by atoms with E-state index in [9.17, 15) is 23.5 Å². The highest BCUT2D eigenvalue weighted by atomic mass is 19.1. The Balaban J connectivity index is 1.51. The molecule has 0 bridgehead atoms. The van der Waals surface area contributed by atoms with E-state index < -0.39 is 47.1 Å². The number of hydrogen-bond donors (Lipinski definition) is 3. The lowest BCUT2D eigenvalue weighted by Gasteiger charge is -2.51. The van der Waals surface area contributed by atoms with E-state index in [2.05, 4.69) is 30.5 Å². The summed E-state index contributed by atoms with van der Waals surface area (Å²) < 4.78 is 38.9. The van der Waals surface area contributed by atoms with Gasteiger partial charge in [-0.05, 0) is 67.5 Å². The molecule has 0 spiro atoms. The second-order valence-corrected chi connectivity index (χ2v) is 12.9. The molecule has 10 heteroatoms. The van der Waals surface area contributed by atoms with Gasteiger partial charge in [-0.1, -0.05) is 68.4 Å². The first-order valence-corrected chi connectivity index (χ1v) is 15.2. The fraction of sp³-hybridized carbons (Fsp3) is 0.429. The fourth-order valence-electron chi connectivity index (χ4n) is 5.30. The Morgan fingerprint density at radius 2 is 1.62 bits per heavy atom. The van der Waals surface area contributed by atoms with Crippen LogP contribution in [-0.2, 0) is 28.0 Å². The third-order valence-corrected chi connectivity index (χ3v) is 7.68. The summed E-state index contributed by atoms with van der Waals surface area (Å²) in [6.07, 6.45) is -2.45. The summed E-state index contributed by atoms with van der Waals surface area (Å²) in [5.41, 5.74) is 1.71. The van der Waals surface area contributed by atoms with E-state index in [1.807, 2.05) is 48.5 Å². The van der Waals surface area contributed by atoms with Crippen LogP contribution in [0, 0.1) is 11.6 Å². The van der Waals surface area contributed by atoms with Gasteiger partial charge in [-0.25, -0.2) is 18.4 Å². The van der Waals surface area contributed by atoms with Crippen molar-refractivity contribution in [2.75, 3.05) is 19.6 Å². The van der Waals surface area contributed by atoms with E-state index in [0.29, 0.717) is 0 Å². The number of nitrogens with zero attached hydrogens (tertiary/aromatic N) is 1.